The Labute approximate surface area is 208 Å². The largest absolute Gasteiger partial charge is 0.504 e. The number of benzene rings is 1. The summed E-state index contributed by atoms with van der Waals surface area (Å²) in [6.45, 7) is 15.0. The number of hydrogen-bond donors (Lipinski definition) is 1. The van der Waals surface area contributed by atoms with Crippen LogP contribution in [0.4, 0.5) is 0 Å². The minimum Gasteiger partial charge on any atom is -0.504 e. The number of ether oxygens (including phenoxy) is 3. The summed E-state index contributed by atoms with van der Waals surface area (Å²) in [6, 6.07) is 7.16. The van der Waals surface area contributed by atoms with Crippen LogP contribution in [-0.4, -0.2) is 37.0 Å². The van der Waals surface area contributed by atoms with Crippen LogP contribution in [0.3, 0.4) is 0 Å². The van der Waals surface area contributed by atoms with E-state index >= 15 is 0 Å². The van der Waals surface area contributed by atoms with Gasteiger partial charge in [-0.1, -0.05) is 71.6 Å². The maximum absolute atomic E-state index is 12.5. The molecular weight excluding hydrogens is 442 g/mol. The molecule has 1 fully saturated rings. The lowest BCUT2D eigenvalue weighted by Gasteiger charge is -2.41. The summed E-state index contributed by atoms with van der Waals surface area (Å²) in [7, 11) is 1.51. The van der Waals surface area contributed by atoms with Gasteiger partial charge in [-0.25, -0.2) is 0 Å². The van der Waals surface area contributed by atoms with Gasteiger partial charge in [0.25, 0.3) is 0 Å². The molecule has 0 aromatic heterocycles. The summed E-state index contributed by atoms with van der Waals surface area (Å²) in [5.74, 6) is -0.711. The molecule has 1 aromatic carbocycles. The first kappa shape index (κ1) is 26.5. The SMILES string of the molecule is C=C(C=CC1(C)C=C(C#N)C(=O)C(C)(C)C1)C(C)(C)C1(C=Cc2ccc(O)c(OC)c2)OCCO1. The predicted molar refractivity (Wildman–Crippen MR) is 136 cm³/mol. The topological polar surface area (TPSA) is 88.8 Å². The average molecular weight is 478 g/mol. The third-order valence-electron chi connectivity index (χ3n) is 7.03. The van der Waals surface area contributed by atoms with Gasteiger partial charge in [0.2, 0.25) is 0 Å². The fourth-order valence-corrected chi connectivity index (χ4v) is 4.85. The molecule has 0 radical (unpaired) electrons. The van der Waals surface area contributed by atoms with E-state index in [1.54, 1.807) is 24.3 Å². The van der Waals surface area contributed by atoms with Crippen molar-refractivity contribution in [3.63, 3.8) is 0 Å². The van der Waals surface area contributed by atoms with Gasteiger partial charge in [0.05, 0.1) is 25.9 Å². The fraction of sp³-hybridized carbons (Fsp3) is 0.448. The number of Topliss-reactive ketones (excluding diaryl/α,β-unsaturated/α-hetero) is 1. The predicted octanol–water partition coefficient (Wildman–Crippen LogP) is 5.75. The first-order valence-corrected chi connectivity index (χ1v) is 11.7. The van der Waals surface area contributed by atoms with Gasteiger partial charge in [-0.05, 0) is 35.8 Å². The molecule has 0 spiro atoms. The monoisotopic (exact) mass is 477 g/mol. The van der Waals surface area contributed by atoms with Crippen molar-refractivity contribution in [2.45, 2.75) is 46.8 Å². The van der Waals surface area contributed by atoms with Gasteiger partial charge < -0.3 is 19.3 Å². The number of carbonyl (C=O) groups excluding carboxylic acids is 1. The van der Waals surface area contributed by atoms with Crippen molar-refractivity contribution in [2.75, 3.05) is 20.3 Å². The number of rotatable bonds is 7. The third-order valence-corrected chi connectivity index (χ3v) is 7.03. The number of methoxy groups -OCH3 is 1. The van der Waals surface area contributed by atoms with Crippen LogP contribution >= 0.6 is 0 Å². The lowest BCUT2D eigenvalue weighted by Crippen LogP contribution is -2.45. The zero-order valence-corrected chi connectivity index (χ0v) is 21.5. The first-order chi connectivity index (χ1) is 16.3. The Kier molecular flexibility index (Phi) is 7.17. The number of aromatic hydroxyl groups is 1. The van der Waals surface area contributed by atoms with Crippen LogP contribution in [-0.2, 0) is 14.3 Å². The first-order valence-electron chi connectivity index (χ1n) is 11.7. The van der Waals surface area contributed by atoms with E-state index in [1.807, 2.05) is 58.9 Å². The van der Waals surface area contributed by atoms with Crippen molar-refractivity contribution >= 4 is 11.9 Å². The Balaban J connectivity index is 1.90. The second-order valence-corrected chi connectivity index (χ2v) is 10.7. The second kappa shape index (κ2) is 9.49. The van der Waals surface area contributed by atoms with Crippen molar-refractivity contribution in [3.05, 3.63) is 65.8 Å². The zero-order valence-electron chi connectivity index (χ0n) is 21.5. The minimum atomic E-state index is -1.05. The highest BCUT2D eigenvalue weighted by molar-refractivity contribution is 6.03. The number of allylic oxidation sites excluding steroid dienone is 4. The molecule has 1 atom stereocenters. The van der Waals surface area contributed by atoms with E-state index in [1.165, 1.54) is 7.11 Å². The molecule has 1 saturated heterocycles. The van der Waals surface area contributed by atoms with Crippen molar-refractivity contribution in [2.24, 2.45) is 16.2 Å². The lowest BCUT2D eigenvalue weighted by molar-refractivity contribution is -0.176. The summed E-state index contributed by atoms with van der Waals surface area (Å²) in [5, 5.41) is 19.3. The van der Waals surface area contributed by atoms with E-state index in [0.717, 1.165) is 11.1 Å². The second-order valence-electron chi connectivity index (χ2n) is 10.7. The summed E-state index contributed by atoms with van der Waals surface area (Å²) >= 11 is 0. The maximum Gasteiger partial charge on any atom is 0.197 e. The quantitative estimate of drug-likeness (QED) is 0.503. The van der Waals surface area contributed by atoms with Crippen LogP contribution in [0.1, 0.15) is 46.6 Å². The highest BCUT2D eigenvalue weighted by atomic mass is 16.7. The molecule has 35 heavy (non-hydrogen) atoms. The summed E-state index contributed by atoms with van der Waals surface area (Å²) < 4.78 is 17.5. The van der Waals surface area contributed by atoms with Crippen LogP contribution in [0.15, 0.2) is 60.2 Å². The van der Waals surface area contributed by atoms with E-state index in [9.17, 15) is 15.2 Å². The number of nitrogens with zero attached hydrogens (tertiary/aromatic N) is 1. The molecule has 1 unspecified atom stereocenters. The summed E-state index contributed by atoms with van der Waals surface area (Å²) in [5.41, 5.74) is 0.0772. The van der Waals surface area contributed by atoms with E-state index in [-0.39, 0.29) is 17.1 Å². The van der Waals surface area contributed by atoms with Gasteiger partial charge >= 0.3 is 0 Å². The van der Waals surface area contributed by atoms with Gasteiger partial charge in [-0.15, -0.1) is 0 Å². The lowest BCUT2D eigenvalue weighted by atomic mass is 9.65. The van der Waals surface area contributed by atoms with Crippen LogP contribution in [0, 0.1) is 27.6 Å². The van der Waals surface area contributed by atoms with Crippen molar-refractivity contribution in [1.29, 1.82) is 5.26 Å². The molecule has 0 bridgehead atoms. The highest BCUT2D eigenvalue weighted by Gasteiger charge is 2.49. The number of ketones is 1. The molecule has 2 aliphatic rings. The Morgan fingerprint density at radius 2 is 1.89 bits per heavy atom. The van der Waals surface area contributed by atoms with Crippen molar-refractivity contribution in [3.8, 4) is 17.6 Å². The van der Waals surface area contributed by atoms with Gasteiger partial charge in [0.15, 0.2) is 23.1 Å². The van der Waals surface area contributed by atoms with Crippen LogP contribution in [0.2, 0.25) is 0 Å². The Morgan fingerprint density at radius 3 is 2.49 bits per heavy atom. The Hall–Kier alpha value is -3.14. The summed E-state index contributed by atoms with van der Waals surface area (Å²) in [6.07, 6.45) is 10.1. The molecule has 0 amide bonds. The normalized spacial score (nSPS) is 23.9. The zero-order chi connectivity index (χ0) is 26.1. The van der Waals surface area contributed by atoms with Gasteiger partial charge in [-0.2, -0.15) is 5.26 Å². The molecule has 6 heteroatoms. The average Bonchev–Trinajstić information content (AvgIpc) is 3.30. The molecular formula is C29H35NO5. The number of carbonyl (C=O) groups is 1. The molecule has 1 aliphatic carbocycles. The molecule has 186 valence electrons. The molecule has 1 aliphatic heterocycles. The van der Waals surface area contributed by atoms with Crippen LogP contribution < -0.4 is 4.74 Å². The van der Waals surface area contributed by atoms with Gasteiger partial charge in [-0.3, -0.25) is 4.79 Å². The molecule has 0 saturated carbocycles. The molecule has 1 N–H and O–H groups in total. The molecule has 3 rings (SSSR count). The van der Waals surface area contributed by atoms with E-state index in [4.69, 9.17) is 14.2 Å². The maximum atomic E-state index is 12.5. The highest BCUT2D eigenvalue weighted by Crippen LogP contribution is 2.47. The van der Waals surface area contributed by atoms with E-state index < -0.39 is 22.0 Å². The molecule has 1 heterocycles. The van der Waals surface area contributed by atoms with Crippen LogP contribution in [0.25, 0.3) is 6.08 Å². The van der Waals surface area contributed by atoms with E-state index in [2.05, 4.69) is 12.6 Å². The number of phenols is 1. The number of phenolic OH excluding ortho intramolecular Hbond substituents is 1. The smallest absolute Gasteiger partial charge is 0.197 e. The molecule has 1 aromatic rings. The van der Waals surface area contributed by atoms with Crippen LogP contribution in [0.5, 0.6) is 11.5 Å². The Bertz CT molecular complexity index is 1140. The summed E-state index contributed by atoms with van der Waals surface area (Å²) in [4.78, 5) is 12.5. The number of hydrogen-bond acceptors (Lipinski definition) is 6. The van der Waals surface area contributed by atoms with Crippen molar-refractivity contribution in [1.82, 2.24) is 0 Å². The molecule has 6 nitrogen and oxygen atoms in total. The third kappa shape index (κ3) is 5.12. The standard InChI is InChI=1S/C29H35NO5/c1-20(10-12-28(6)17-22(18-30)25(32)26(2,3)19-28)27(4,5)29(34-14-15-35-29)13-11-21-8-9-23(31)24(16-21)33-7/h8-13,16-17,31H,1,14-15,19H2,2-7H3. The van der Waals surface area contributed by atoms with Gasteiger partial charge in [0.1, 0.15) is 6.07 Å². The van der Waals surface area contributed by atoms with Gasteiger partial charge in [0, 0.05) is 16.2 Å². The van der Waals surface area contributed by atoms with E-state index in [0.29, 0.717) is 25.4 Å². The number of nitriles is 1. The minimum absolute atomic E-state index is 0.0706. The fourth-order valence-electron chi connectivity index (χ4n) is 4.85. The van der Waals surface area contributed by atoms with Crippen molar-refractivity contribution < 1.29 is 24.1 Å². The Morgan fingerprint density at radius 1 is 1.23 bits per heavy atom.